The van der Waals surface area contributed by atoms with Gasteiger partial charge in [0.25, 0.3) is 0 Å². The largest absolute Gasteiger partial charge is 0.360 e. The molecule has 0 aliphatic carbocycles. The Morgan fingerprint density at radius 1 is 1.41 bits per heavy atom. The van der Waals surface area contributed by atoms with Crippen molar-refractivity contribution >= 4 is 16.7 Å². The lowest BCUT2D eigenvalue weighted by Crippen LogP contribution is -2.30. The molecule has 0 bridgehead atoms. The molecule has 1 unspecified atom stereocenters. The maximum absolute atomic E-state index is 13.0. The monoisotopic (exact) mass is 232 g/mol. The summed E-state index contributed by atoms with van der Waals surface area (Å²) in [6.45, 7) is 0.896. The summed E-state index contributed by atoms with van der Waals surface area (Å²) in [5.41, 5.74) is 1.32. The first-order valence-corrected chi connectivity index (χ1v) is 5.80. The molecule has 0 amide bonds. The van der Waals surface area contributed by atoms with Gasteiger partial charge in [0.1, 0.15) is 5.82 Å². The summed E-state index contributed by atoms with van der Waals surface area (Å²) in [4.78, 5) is 15.2. The van der Waals surface area contributed by atoms with Gasteiger partial charge in [0.15, 0.2) is 5.78 Å². The molecule has 1 aliphatic heterocycles. The molecule has 1 saturated heterocycles. The van der Waals surface area contributed by atoms with Crippen LogP contribution in [-0.2, 0) is 0 Å². The predicted octanol–water partition coefficient (Wildman–Crippen LogP) is 2.24. The van der Waals surface area contributed by atoms with Gasteiger partial charge in [-0.15, -0.1) is 0 Å². The Balaban J connectivity index is 2.02. The van der Waals surface area contributed by atoms with E-state index in [9.17, 15) is 9.18 Å². The summed E-state index contributed by atoms with van der Waals surface area (Å²) in [5, 5.41) is 3.98. The van der Waals surface area contributed by atoms with Gasteiger partial charge in [0.2, 0.25) is 0 Å². The van der Waals surface area contributed by atoms with E-state index >= 15 is 0 Å². The van der Waals surface area contributed by atoms with E-state index in [4.69, 9.17) is 0 Å². The van der Waals surface area contributed by atoms with Crippen molar-refractivity contribution in [2.75, 3.05) is 6.54 Å². The minimum Gasteiger partial charge on any atom is -0.360 e. The van der Waals surface area contributed by atoms with Gasteiger partial charge in [0.05, 0.1) is 6.04 Å². The third kappa shape index (κ3) is 1.74. The van der Waals surface area contributed by atoms with E-state index in [1.165, 1.54) is 12.1 Å². The molecule has 1 aromatic carbocycles. The third-order valence-corrected chi connectivity index (χ3v) is 3.29. The molecular weight excluding hydrogens is 219 g/mol. The Bertz CT molecular complexity index is 570. The lowest BCUT2D eigenvalue weighted by Gasteiger charge is -2.07. The number of benzene rings is 1. The highest BCUT2D eigenvalue weighted by molar-refractivity contribution is 6.10. The molecule has 1 atom stereocenters. The van der Waals surface area contributed by atoms with Gasteiger partial charge >= 0.3 is 0 Å². The van der Waals surface area contributed by atoms with Crippen LogP contribution in [0.5, 0.6) is 0 Å². The first-order chi connectivity index (χ1) is 8.25. The lowest BCUT2D eigenvalue weighted by molar-refractivity contribution is 0.0954. The van der Waals surface area contributed by atoms with Crippen molar-refractivity contribution in [3.8, 4) is 0 Å². The molecule has 0 spiro atoms. The van der Waals surface area contributed by atoms with Crippen molar-refractivity contribution in [3.05, 3.63) is 35.8 Å². The molecule has 1 fully saturated rings. The summed E-state index contributed by atoms with van der Waals surface area (Å²) in [6, 6.07) is 4.37. The minimum absolute atomic E-state index is 0.0842. The van der Waals surface area contributed by atoms with Gasteiger partial charge < -0.3 is 10.3 Å². The Hall–Kier alpha value is -1.68. The number of carbonyl (C=O) groups is 1. The average Bonchev–Trinajstić information content (AvgIpc) is 2.96. The third-order valence-electron chi connectivity index (χ3n) is 3.29. The van der Waals surface area contributed by atoms with Crippen LogP contribution in [0, 0.1) is 5.82 Å². The van der Waals surface area contributed by atoms with E-state index < -0.39 is 0 Å². The SMILES string of the molecule is O=C(c1c[nH]c2cc(F)ccc12)C1CCCN1. The predicted molar refractivity (Wildman–Crippen MR) is 63.6 cm³/mol. The van der Waals surface area contributed by atoms with E-state index in [-0.39, 0.29) is 17.6 Å². The maximum Gasteiger partial charge on any atom is 0.181 e. The fourth-order valence-electron chi connectivity index (χ4n) is 2.40. The maximum atomic E-state index is 13.0. The van der Waals surface area contributed by atoms with Gasteiger partial charge in [0, 0.05) is 22.7 Å². The highest BCUT2D eigenvalue weighted by Crippen LogP contribution is 2.22. The second-order valence-corrected chi connectivity index (χ2v) is 4.41. The Labute approximate surface area is 98.0 Å². The molecule has 2 aromatic rings. The van der Waals surface area contributed by atoms with Crippen LogP contribution in [0.4, 0.5) is 4.39 Å². The van der Waals surface area contributed by atoms with Gasteiger partial charge in [-0.3, -0.25) is 4.79 Å². The van der Waals surface area contributed by atoms with E-state index in [1.807, 2.05) is 0 Å². The molecule has 3 rings (SSSR count). The standard InChI is InChI=1S/C13H13FN2O/c14-8-3-4-9-10(7-16-12(9)6-8)13(17)11-2-1-5-15-11/h3-4,6-7,11,15-16H,1-2,5H2. The first kappa shape index (κ1) is 10.5. The number of nitrogens with one attached hydrogen (secondary N) is 2. The van der Waals surface area contributed by atoms with Crippen molar-refractivity contribution in [2.24, 2.45) is 0 Å². The number of Topliss-reactive ketones (excluding diaryl/α,β-unsaturated/α-hetero) is 1. The smallest absolute Gasteiger partial charge is 0.181 e. The van der Waals surface area contributed by atoms with Gasteiger partial charge in [-0.2, -0.15) is 0 Å². The zero-order valence-electron chi connectivity index (χ0n) is 9.29. The first-order valence-electron chi connectivity index (χ1n) is 5.80. The van der Waals surface area contributed by atoms with Gasteiger partial charge in [-0.25, -0.2) is 4.39 Å². The number of halogens is 1. The molecule has 1 aliphatic rings. The summed E-state index contributed by atoms with van der Waals surface area (Å²) < 4.78 is 13.0. The molecule has 0 saturated carbocycles. The molecule has 17 heavy (non-hydrogen) atoms. The van der Waals surface area contributed by atoms with Crippen molar-refractivity contribution in [2.45, 2.75) is 18.9 Å². The summed E-state index contributed by atoms with van der Waals surface area (Å²) >= 11 is 0. The van der Waals surface area contributed by atoms with E-state index in [1.54, 1.807) is 12.3 Å². The average molecular weight is 232 g/mol. The minimum atomic E-state index is -0.294. The van der Waals surface area contributed by atoms with Crippen molar-refractivity contribution in [1.29, 1.82) is 0 Å². The zero-order valence-corrected chi connectivity index (χ0v) is 9.29. The van der Waals surface area contributed by atoms with Crippen molar-refractivity contribution in [1.82, 2.24) is 10.3 Å². The Kier molecular flexibility index (Phi) is 2.44. The molecule has 3 nitrogen and oxygen atoms in total. The molecule has 4 heteroatoms. The second-order valence-electron chi connectivity index (χ2n) is 4.41. The van der Waals surface area contributed by atoms with Crippen LogP contribution >= 0.6 is 0 Å². The Morgan fingerprint density at radius 2 is 2.29 bits per heavy atom. The van der Waals surface area contributed by atoms with Crippen LogP contribution in [0.1, 0.15) is 23.2 Å². The fourth-order valence-corrected chi connectivity index (χ4v) is 2.40. The van der Waals surface area contributed by atoms with Crippen molar-refractivity contribution in [3.63, 3.8) is 0 Å². The molecular formula is C13H13FN2O. The van der Waals surface area contributed by atoms with E-state index in [0.717, 1.165) is 24.8 Å². The highest BCUT2D eigenvalue weighted by atomic mass is 19.1. The number of H-pyrrole nitrogens is 1. The fraction of sp³-hybridized carbons (Fsp3) is 0.308. The number of aromatic amines is 1. The van der Waals surface area contributed by atoms with Crippen LogP contribution in [0.15, 0.2) is 24.4 Å². The highest BCUT2D eigenvalue weighted by Gasteiger charge is 2.25. The number of hydrogen-bond acceptors (Lipinski definition) is 2. The van der Waals surface area contributed by atoms with Crippen LogP contribution in [0.3, 0.4) is 0 Å². The quantitative estimate of drug-likeness (QED) is 0.780. The normalized spacial score (nSPS) is 19.9. The van der Waals surface area contributed by atoms with Gasteiger partial charge in [-0.05, 0) is 37.6 Å². The van der Waals surface area contributed by atoms with Crippen LogP contribution < -0.4 is 5.32 Å². The number of hydrogen-bond donors (Lipinski definition) is 2. The molecule has 0 radical (unpaired) electrons. The number of carbonyl (C=O) groups excluding carboxylic acids is 1. The van der Waals surface area contributed by atoms with E-state index in [2.05, 4.69) is 10.3 Å². The Morgan fingerprint density at radius 3 is 3.06 bits per heavy atom. The van der Waals surface area contributed by atoms with Gasteiger partial charge in [-0.1, -0.05) is 0 Å². The summed E-state index contributed by atoms with van der Waals surface area (Å²) in [7, 11) is 0. The molecule has 1 aromatic heterocycles. The second kappa shape index (κ2) is 3.96. The van der Waals surface area contributed by atoms with Crippen LogP contribution in [-0.4, -0.2) is 23.4 Å². The van der Waals surface area contributed by atoms with Crippen LogP contribution in [0.2, 0.25) is 0 Å². The topological polar surface area (TPSA) is 44.9 Å². The number of aromatic nitrogens is 1. The van der Waals surface area contributed by atoms with E-state index in [0.29, 0.717) is 11.1 Å². The lowest BCUT2D eigenvalue weighted by atomic mass is 10.0. The summed E-state index contributed by atoms with van der Waals surface area (Å²) in [5.74, 6) is -0.197. The molecule has 2 N–H and O–H groups in total. The van der Waals surface area contributed by atoms with Crippen molar-refractivity contribution < 1.29 is 9.18 Å². The summed E-state index contributed by atoms with van der Waals surface area (Å²) in [6.07, 6.45) is 3.59. The molecule has 2 heterocycles. The number of fused-ring (bicyclic) bond motifs is 1. The zero-order chi connectivity index (χ0) is 11.8. The van der Waals surface area contributed by atoms with Crippen LogP contribution in [0.25, 0.3) is 10.9 Å². The number of rotatable bonds is 2. The number of ketones is 1. The molecule has 88 valence electrons.